The lowest BCUT2D eigenvalue weighted by Gasteiger charge is -2.24. The Morgan fingerprint density at radius 1 is 0.750 bits per heavy atom. The first-order valence-corrected chi connectivity index (χ1v) is 12.1. The highest BCUT2D eigenvalue weighted by molar-refractivity contribution is 5.94. The van der Waals surface area contributed by atoms with Crippen molar-refractivity contribution in [2.75, 3.05) is 26.2 Å². The van der Waals surface area contributed by atoms with E-state index in [1.165, 1.54) is 0 Å². The number of rotatable bonds is 20. The topological polar surface area (TPSA) is 285 Å². The molecule has 0 heterocycles. The van der Waals surface area contributed by atoms with Crippen LogP contribution in [0, 0.1) is 5.41 Å². The zero-order valence-electron chi connectivity index (χ0n) is 20.6. The van der Waals surface area contributed by atoms with E-state index >= 15 is 0 Å². The van der Waals surface area contributed by atoms with Gasteiger partial charge in [-0.2, -0.15) is 0 Å². The van der Waals surface area contributed by atoms with E-state index in [9.17, 15) is 29.4 Å². The maximum absolute atomic E-state index is 12.9. The van der Waals surface area contributed by atoms with Gasteiger partial charge in [-0.1, -0.05) is 6.42 Å². The van der Waals surface area contributed by atoms with Gasteiger partial charge in [0.05, 0.1) is 12.6 Å². The molecule has 0 rings (SSSR count). The first-order chi connectivity index (χ1) is 17.1. The van der Waals surface area contributed by atoms with Crippen LogP contribution >= 0.6 is 0 Å². The normalized spacial score (nSPS) is 14.1. The first-order valence-electron chi connectivity index (χ1n) is 12.1. The maximum Gasteiger partial charge on any atom is 0.326 e. The van der Waals surface area contributed by atoms with Crippen LogP contribution in [0.15, 0.2) is 0 Å². The molecule has 0 aromatic rings. The van der Waals surface area contributed by atoms with Crippen molar-refractivity contribution in [2.24, 2.45) is 22.9 Å². The number of nitrogens with two attached hydrogens (primary N) is 4. The van der Waals surface area contributed by atoms with Gasteiger partial charge in [-0.25, -0.2) is 4.79 Å². The second-order valence-corrected chi connectivity index (χ2v) is 8.36. The number of aliphatic carboxylic acids is 1. The number of hydrogen-bond acceptors (Lipinski definition) is 9. The number of unbranched alkanes of at least 4 members (excludes halogenated alkanes) is 2. The number of aliphatic hydroxyl groups excluding tert-OH is 1. The Hall–Kier alpha value is -3.01. The second-order valence-electron chi connectivity index (χ2n) is 8.36. The number of amides is 3. The Morgan fingerprint density at radius 2 is 1.25 bits per heavy atom. The van der Waals surface area contributed by atoms with E-state index in [0.29, 0.717) is 51.6 Å². The number of nitrogens with one attached hydrogen (secondary N) is 5. The van der Waals surface area contributed by atoms with Gasteiger partial charge in [0.1, 0.15) is 18.1 Å². The summed E-state index contributed by atoms with van der Waals surface area (Å²) in [7, 11) is 0. The summed E-state index contributed by atoms with van der Waals surface area (Å²) in [6, 6.07) is -4.63. The Morgan fingerprint density at radius 3 is 1.78 bits per heavy atom. The van der Waals surface area contributed by atoms with E-state index in [1.54, 1.807) is 0 Å². The van der Waals surface area contributed by atoms with Crippen LogP contribution in [0.5, 0.6) is 0 Å². The van der Waals surface area contributed by atoms with Gasteiger partial charge in [0.15, 0.2) is 5.96 Å². The van der Waals surface area contributed by atoms with Crippen LogP contribution < -0.4 is 44.2 Å². The van der Waals surface area contributed by atoms with Crippen molar-refractivity contribution in [3.05, 3.63) is 0 Å². The highest BCUT2D eigenvalue weighted by atomic mass is 16.4. The molecule has 0 bridgehead atoms. The molecule has 0 unspecified atom stereocenters. The fourth-order valence-electron chi connectivity index (χ4n) is 3.21. The quantitative estimate of drug-likeness (QED) is 0.0425. The summed E-state index contributed by atoms with van der Waals surface area (Å²) in [6.45, 7) is 0.319. The van der Waals surface area contributed by atoms with Crippen LogP contribution in [-0.2, 0) is 19.2 Å². The minimum Gasteiger partial charge on any atom is -0.480 e. The van der Waals surface area contributed by atoms with E-state index in [-0.39, 0.29) is 25.3 Å². The standard InChI is InChI=1S/C21H43N9O6/c22-9-3-1-6-13(24)17(32)30-16(12-31)19(34)28-14(8-5-11-27-21(25)26)18(33)29-15(20(35)36)7-2-4-10-23/h13-16,31H,1-12,22-24H2,(H,28,34)(H,29,33)(H,30,32)(H,35,36)(H4,25,26,27)/t13-,14-,15-,16-/m0/s1. The van der Waals surface area contributed by atoms with E-state index in [0.717, 1.165) is 0 Å². The predicted octanol–water partition coefficient (Wildman–Crippen LogP) is -3.63. The molecular weight excluding hydrogens is 474 g/mol. The summed E-state index contributed by atoms with van der Waals surface area (Å²) in [5.74, 6) is -3.72. The van der Waals surface area contributed by atoms with E-state index in [2.05, 4.69) is 21.3 Å². The summed E-state index contributed by atoms with van der Waals surface area (Å²) in [5, 5.41) is 36.1. The van der Waals surface area contributed by atoms with Crippen LogP contribution in [-0.4, -0.2) is 90.3 Å². The van der Waals surface area contributed by atoms with Crippen LogP contribution in [0.3, 0.4) is 0 Å². The molecule has 0 fully saturated rings. The molecule has 0 spiro atoms. The monoisotopic (exact) mass is 517 g/mol. The molecule has 0 aliphatic carbocycles. The van der Waals surface area contributed by atoms with Crippen molar-refractivity contribution in [3.63, 3.8) is 0 Å². The van der Waals surface area contributed by atoms with Gasteiger partial charge in [0, 0.05) is 6.54 Å². The number of carbonyl (C=O) groups is 4. The SMILES string of the molecule is N=C(N)NCCC[C@H](NC(=O)[C@H](CO)NC(=O)[C@@H](N)CCCCN)C(=O)N[C@@H](CCCCN)C(=O)O. The summed E-state index contributed by atoms with van der Waals surface area (Å²) in [4.78, 5) is 49.5. The Kier molecular flexibility index (Phi) is 17.6. The summed E-state index contributed by atoms with van der Waals surface area (Å²) in [5.41, 5.74) is 21.9. The lowest BCUT2D eigenvalue weighted by atomic mass is 10.1. The van der Waals surface area contributed by atoms with Crippen LogP contribution in [0.2, 0.25) is 0 Å². The second kappa shape index (κ2) is 19.2. The number of hydrogen-bond donors (Lipinski definition) is 11. The third kappa shape index (κ3) is 14.4. The van der Waals surface area contributed by atoms with Crippen molar-refractivity contribution in [3.8, 4) is 0 Å². The van der Waals surface area contributed by atoms with Gasteiger partial charge in [-0.15, -0.1) is 0 Å². The lowest BCUT2D eigenvalue weighted by molar-refractivity contribution is -0.142. The average Bonchev–Trinajstić information content (AvgIpc) is 2.83. The van der Waals surface area contributed by atoms with Gasteiger partial charge in [-0.05, 0) is 58.0 Å². The Balaban J connectivity index is 5.27. The first kappa shape index (κ1) is 33.0. The van der Waals surface area contributed by atoms with Gasteiger partial charge in [-0.3, -0.25) is 19.8 Å². The van der Waals surface area contributed by atoms with Gasteiger partial charge in [0.25, 0.3) is 0 Å². The fourth-order valence-corrected chi connectivity index (χ4v) is 3.21. The lowest BCUT2D eigenvalue weighted by Crippen LogP contribution is -2.58. The Labute approximate surface area is 211 Å². The molecule has 4 atom stereocenters. The molecule has 36 heavy (non-hydrogen) atoms. The molecule has 0 aliphatic rings. The van der Waals surface area contributed by atoms with Crippen molar-refractivity contribution < 1.29 is 29.4 Å². The third-order valence-corrected chi connectivity index (χ3v) is 5.30. The van der Waals surface area contributed by atoms with E-state index in [1.807, 2.05) is 0 Å². The van der Waals surface area contributed by atoms with Crippen molar-refractivity contribution >= 4 is 29.7 Å². The smallest absolute Gasteiger partial charge is 0.326 e. The molecule has 0 aromatic heterocycles. The predicted molar refractivity (Wildman–Crippen MR) is 133 cm³/mol. The van der Waals surface area contributed by atoms with Crippen molar-refractivity contribution in [2.45, 2.75) is 75.5 Å². The molecule has 0 saturated carbocycles. The molecule has 15 N–H and O–H groups in total. The van der Waals surface area contributed by atoms with Crippen molar-refractivity contribution in [1.82, 2.24) is 21.3 Å². The van der Waals surface area contributed by atoms with Crippen LogP contribution in [0.25, 0.3) is 0 Å². The maximum atomic E-state index is 12.9. The van der Waals surface area contributed by atoms with Gasteiger partial charge < -0.3 is 54.4 Å². The van der Waals surface area contributed by atoms with Crippen LogP contribution in [0.4, 0.5) is 0 Å². The molecule has 208 valence electrons. The Bertz CT molecular complexity index is 709. The molecular formula is C21H43N9O6. The average molecular weight is 518 g/mol. The summed E-state index contributed by atoms with van der Waals surface area (Å²) >= 11 is 0. The minimum atomic E-state index is -1.37. The molecule has 3 amide bonds. The molecule has 0 saturated heterocycles. The zero-order valence-corrected chi connectivity index (χ0v) is 20.6. The molecule has 15 nitrogen and oxygen atoms in total. The van der Waals surface area contributed by atoms with Gasteiger partial charge >= 0.3 is 5.97 Å². The highest BCUT2D eigenvalue weighted by Crippen LogP contribution is 2.05. The number of guanidine groups is 1. The number of aliphatic hydroxyl groups is 1. The number of carbonyl (C=O) groups excluding carboxylic acids is 3. The van der Waals surface area contributed by atoms with E-state index in [4.69, 9.17) is 28.3 Å². The largest absolute Gasteiger partial charge is 0.480 e. The minimum absolute atomic E-state index is 0.0672. The fraction of sp³-hybridized carbons (Fsp3) is 0.762. The number of carboxylic acids is 1. The number of carboxylic acid groups (broad SMARTS) is 1. The van der Waals surface area contributed by atoms with Gasteiger partial charge in [0.2, 0.25) is 17.7 Å². The molecule has 0 aliphatic heterocycles. The summed E-state index contributed by atoms with van der Waals surface area (Å²) < 4.78 is 0. The van der Waals surface area contributed by atoms with E-state index < -0.39 is 54.5 Å². The van der Waals surface area contributed by atoms with Crippen LogP contribution in [0.1, 0.15) is 51.4 Å². The zero-order chi connectivity index (χ0) is 27.5. The van der Waals surface area contributed by atoms with Crippen molar-refractivity contribution in [1.29, 1.82) is 5.41 Å². The molecule has 0 aromatic carbocycles. The molecule has 0 radical (unpaired) electrons. The highest BCUT2D eigenvalue weighted by Gasteiger charge is 2.29. The third-order valence-electron chi connectivity index (χ3n) is 5.30. The summed E-state index contributed by atoms with van der Waals surface area (Å²) in [6.07, 6.45) is 3.24. The molecule has 15 heteroatoms.